The minimum atomic E-state index is -0.291. The number of nitrogens with zero attached hydrogens (tertiary/aromatic N) is 2. The number of carbonyl (C=O) groups excluding carboxylic acids is 2. The molecular weight excluding hydrogens is 354 g/mol. The van der Waals surface area contributed by atoms with Gasteiger partial charge in [-0.15, -0.1) is 0 Å². The van der Waals surface area contributed by atoms with Crippen LogP contribution in [0.25, 0.3) is 0 Å². The first kappa shape index (κ1) is 19.1. The lowest BCUT2D eigenvalue weighted by atomic mass is 10.1. The Morgan fingerprint density at radius 3 is 2.36 bits per heavy atom. The van der Waals surface area contributed by atoms with Gasteiger partial charge in [0.05, 0.1) is 18.2 Å². The molecular formula is C22H21N3O3. The second kappa shape index (κ2) is 8.81. The van der Waals surface area contributed by atoms with Crippen LogP contribution in [0, 0.1) is 0 Å². The zero-order valence-corrected chi connectivity index (χ0v) is 15.8. The minimum Gasteiger partial charge on any atom is -0.497 e. The molecule has 1 heterocycles. The number of aromatic nitrogens is 1. The highest BCUT2D eigenvalue weighted by atomic mass is 16.5. The van der Waals surface area contributed by atoms with E-state index in [1.54, 1.807) is 20.2 Å². The van der Waals surface area contributed by atoms with Crippen molar-refractivity contribution >= 4 is 17.5 Å². The van der Waals surface area contributed by atoms with Crippen molar-refractivity contribution in [1.29, 1.82) is 0 Å². The maximum Gasteiger partial charge on any atom is 0.259 e. The monoisotopic (exact) mass is 375 g/mol. The molecule has 1 N–H and O–H groups in total. The number of pyridine rings is 1. The normalized spacial score (nSPS) is 10.2. The molecule has 1 aromatic heterocycles. The Morgan fingerprint density at radius 2 is 1.68 bits per heavy atom. The third kappa shape index (κ3) is 4.54. The smallest absolute Gasteiger partial charge is 0.259 e. The van der Waals surface area contributed by atoms with E-state index >= 15 is 0 Å². The number of benzene rings is 2. The maximum atomic E-state index is 12.7. The lowest BCUT2D eigenvalue weighted by Gasteiger charge is -2.17. The summed E-state index contributed by atoms with van der Waals surface area (Å²) in [5, 5.41) is 2.84. The van der Waals surface area contributed by atoms with Gasteiger partial charge in [0.2, 0.25) is 0 Å². The van der Waals surface area contributed by atoms with Crippen molar-refractivity contribution in [2.45, 2.75) is 6.54 Å². The van der Waals surface area contributed by atoms with Crippen LogP contribution in [-0.2, 0) is 6.54 Å². The number of hydrogen-bond donors (Lipinski definition) is 1. The highest BCUT2D eigenvalue weighted by Gasteiger charge is 2.16. The minimum absolute atomic E-state index is 0.233. The molecule has 0 radical (unpaired) electrons. The van der Waals surface area contributed by atoms with Crippen molar-refractivity contribution in [3.05, 3.63) is 89.7 Å². The van der Waals surface area contributed by atoms with Gasteiger partial charge in [-0.25, -0.2) is 0 Å². The van der Waals surface area contributed by atoms with E-state index in [9.17, 15) is 9.59 Å². The Hall–Kier alpha value is -3.67. The summed E-state index contributed by atoms with van der Waals surface area (Å²) in [6.45, 7) is 0.366. The van der Waals surface area contributed by atoms with E-state index in [-0.39, 0.29) is 11.8 Å². The summed E-state index contributed by atoms with van der Waals surface area (Å²) < 4.78 is 5.12. The van der Waals surface area contributed by atoms with E-state index in [0.29, 0.717) is 17.7 Å². The van der Waals surface area contributed by atoms with Crippen LogP contribution in [-0.4, -0.2) is 31.0 Å². The molecule has 6 heteroatoms. The first-order chi connectivity index (χ1) is 13.6. The number of methoxy groups -OCH3 is 1. The van der Waals surface area contributed by atoms with Crippen molar-refractivity contribution < 1.29 is 14.3 Å². The molecule has 0 spiro atoms. The third-order valence-electron chi connectivity index (χ3n) is 4.31. The summed E-state index contributed by atoms with van der Waals surface area (Å²) in [6, 6.07) is 18.3. The molecule has 2 aromatic carbocycles. The topological polar surface area (TPSA) is 71.5 Å². The van der Waals surface area contributed by atoms with E-state index in [1.165, 1.54) is 17.3 Å². The second-order valence-corrected chi connectivity index (χ2v) is 6.19. The average molecular weight is 375 g/mol. The van der Waals surface area contributed by atoms with Gasteiger partial charge in [0.15, 0.2) is 0 Å². The van der Waals surface area contributed by atoms with Gasteiger partial charge < -0.3 is 15.0 Å². The maximum absolute atomic E-state index is 12.7. The molecule has 2 amide bonds. The van der Waals surface area contributed by atoms with Crippen LogP contribution in [0.3, 0.4) is 0 Å². The van der Waals surface area contributed by atoms with Crippen LogP contribution in [0.4, 0.5) is 5.69 Å². The van der Waals surface area contributed by atoms with Crippen molar-refractivity contribution in [2.24, 2.45) is 0 Å². The lowest BCUT2D eigenvalue weighted by molar-refractivity contribution is 0.0950. The van der Waals surface area contributed by atoms with Crippen LogP contribution in [0.2, 0.25) is 0 Å². The van der Waals surface area contributed by atoms with Crippen molar-refractivity contribution in [1.82, 2.24) is 10.3 Å². The summed E-state index contributed by atoms with van der Waals surface area (Å²) >= 11 is 0. The molecule has 0 aliphatic rings. The number of carbonyl (C=O) groups is 2. The van der Waals surface area contributed by atoms with E-state index in [1.807, 2.05) is 54.6 Å². The molecule has 0 aliphatic carbocycles. The van der Waals surface area contributed by atoms with Crippen LogP contribution in [0.15, 0.2) is 73.1 Å². The Balaban J connectivity index is 1.67. The Morgan fingerprint density at radius 1 is 1.00 bits per heavy atom. The average Bonchev–Trinajstić information content (AvgIpc) is 2.77. The predicted molar refractivity (Wildman–Crippen MR) is 108 cm³/mol. The Bertz CT molecular complexity index is 956. The molecule has 0 fully saturated rings. The second-order valence-electron chi connectivity index (χ2n) is 6.19. The molecule has 0 saturated carbocycles. The molecule has 0 bridgehead atoms. The van der Waals surface area contributed by atoms with Gasteiger partial charge in [0.1, 0.15) is 5.75 Å². The molecule has 0 aliphatic heterocycles. The number of amides is 2. The molecule has 0 unspecified atom stereocenters. The molecule has 6 nitrogen and oxygen atoms in total. The van der Waals surface area contributed by atoms with Gasteiger partial charge >= 0.3 is 0 Å². The van der Waals surface area contributed by atoms with Gasteiger partial charge in [-0.05, 0) is 35.9 Å². The summed E-state index contributed by atoms with van der Waals surface area (Å²) in [7, 11) is 3.29. The van der Waals surface area contributed by atoms with Crippen molar-refractivity contribution in [2.75, 3.05) is 19.1 Å². The van der Waals surface area contributed by atoms with E-state index in [4.69, 9.17) is 4.74 Å². The first-order valence-corrected chi connectivity index (χ1v) is 8.78. The fourth-order valence-electron chi connectivity index (χ4n) is 2.67. The fourth-order valence-corrected chi connectivity index (χ4v) is 2.67. The number of anilines is 1. The molecule has 3 rings (SSSR count). The number of nitrogens with one attached hydrogen (secondary N) is 1. The van der Waals surface area contributed by atoms with E-state index in [2.05, 4.69) is 10.3 Å². The van der Waals surface area contributed by atoms with Gasteiger partial charge in [-0.2, -0.15) is 0 Å². The quantitative estimate of drug-likeness (QED) is 0.718. The van der Waals surface area contributed by atoms with Crippen molar-refractivity contribution in [3.8, 4) is 5.75 Å². The molecule has 28 heavy (non-hydrogen) atoms. The highest BCUT2D eigenvalue weighted by molar-refractivity contribution is 6.07. The molecule has 0 saturated heterocycles. The largest absolute Gasteiger partial charge is 0.497 e. The van der Waals surface area contributed by atoms with Crippen molar-refractivity contribution in [3.63, 3.8) is 0 Å². The number of rotatable bonds is 6. The van der Waals surface area contributed by atoms with Gasteiger partial charge in [-0.3, -0.25) is 14.6 Å². The standard InChI is InChI=1S/C22H21N3O3/c1-25(19-6-4-3-5-7-19)22(27)18-12-17(14-23-15-18)21(26)24-13-16-8-10-20(28-2)11-9-16/h3-12,14-15H,13H2,1-2H3,(H,24,26). The molecule has 3 aromatic rings. The number of para-hydroxylation sites is 1. The zero-order valence-electron chi connectivity index (χ0n) is 15.8. The number of ether oxygens (including phenoxy) is 1. The summed E-state index contributed by atoms with van der Waals surface area (Å²) in [5.41, 5.74) is 2.39. The summed E-state index contributed by atoms with van der Waals surface area (Å²) in [4.78, 5) is 30.7. The van der Waals surface area contributed by atoms with Gasteiger partial charge in [0.25, 0.3) is 11.8 Å². The van der Waals surface area contributed by atoms with Crippen LogP contribution in [0.1, 0.15) is 26.3 Å². The first-order valence-electron chi connectivity index (χ1n) is 8.78. The van der Waals surface area contributed by atoms with Crippen LogP contribution >= 0.6 is 0 Å². The highest BCUT2D eigenvalue weighted by Crippen LogP contribution is 2.15. The fraction of sp³-hybridized carbons (Fsp3) is 0.136. The third-order valence-corrected chi connectivity index (χ3v) is 4.31. The predicted octanol–water partition coefficient (Wildman–Crippen LogP) is 3.30. The van der Waals surface area contributed by atoms with Gasteiger partial charge in [0, 0.05) is 31.7 Å². The number of hydrogen-bond acceptors (Lipinski definition) is 4. The zero-order chi connectivity index (χ0) is 19.9. The molecule has 142 valence electrons. The summed E-state index contributed by atoms with van der Waals surface area (Å²) in [6.07, 6.45) is 2.91. The van der Waals surface area contributed by atoms with Gasteiger partial charge in [-0.1, -0.05) is 30.3 Å². The summed E-state index contributed by atoms with van der Waals surface area (Å²) in [5.74, 6) is 0.233. The SMILES string of the molecule is COc1ccc(CNC(=O)c2cncc(C(=O)N(C)c3ccccc3)c2)cc1. The van der Waals surface area contributed by atoms with Crippen LogP contribution < -0.4 is 15.0 Å². The van der Waals surface area contributed by atoms with E-state index in [0.717, 1.165) is 17.0 Å². The van der Waals surface area contributed by atoms with E-state index < -0.39 is 0 Å². The lowest BCUT2D eigenvalue weighted by Crippen LogP contribution is -2.27. The Labute approximate surface area is 163 Å². The van der Waals surface area contributed by atoms with Crippen LogP contribution in [0.5, 0.6) is 5.75 Å². The Kier molecular flexibility index (Phi) is 6.01. The molecule has 0 atom stereocenters.